The quantitative estimate of drug-likeness (QED) is 0.598. The molecule has 0 saturated carbocycles. The van der Waals surface area contributed by atoms with Crippen molar-refractivity contribution in [1.29, 1.82) is 0 Å². The van der Waals surface area contributed by atoms with Crippen LogP contribution in [0.3, 0.4) is 0 Å². The second-order valence-electron chi connectivity index (χ2n) is 5.88. The molecule has 0 saturated heterocycles. The summed E-state index contributed by atoms with van der Waals surface area (Å²) in [4.78, 5) is 0. The average Bonchev–Trinajstić information content (AvgIpc) is 2.46. The second-order valence-corrected chi connectivity index (χ2v) is 5.88. The van der Waals surface area contributed by atoms with Gasteiger partial charge in [0.1, 0.15) is 0 Å². The lowest BCUT2D eigenvalue weighted by molar-refractivity contribution is 0.107. The third-order valence-electron chi connectivity index (χ3n) is 3.36. The summed E-state index contributed by atoms with van der Waals surface area (Å²) < 4.78 is 5.62. The number of hydrogen-bond acceptors (Lipinski definition) is 2. The summed E-state index contributed by atoms with van der Waals surface area (Å²) >= 11 is 0. The van der Waals surface area contributed by atoms with Gasteiger partial charge in [0.15, 0.2) is 0 Å². The Morgan fingerprint density at radius 1 is 1.10 bits per heavy atom. The molecule has 1 rings (SSSR count). The summed E-state index contributed by atoms with van der Waals surface area (Å²) in [5.74, 6) is 0.629. The van der Waals surface area contributed by atoms with E-state index in [0.717, 1.165) is 26.2 Å². The summed E-state index contributed by atoms with van der Waals surface area (Å²) in [6.45, 7) is 9.39. The van der Waals surface area contributed by atoms with Gasteiger partial charge in [-0.1, -0.05) is 63.9 Å². The van der Waals surface area contributed by atoms with Gasteiger partial charge in [0.2, 0.25) is 0 Å². The normalized spacial score (nSPS) is 12.8. The zero-order valence-corrected chi connectivity index (χ0v) is 13.4. The van der Waals surface area contributed by atoms with Crippen LogP contribution in [-0.2, 0) is 4.74 Å². The van der Waals surface area contributed by atoms with Gasteiger partial charge in [0.05, 0.1) is 0 Å². The van der Waals surface area contributed by atoms with Crippen molar-refractivity contribution in [2.45, 2.75) is 52.5 Å². The van der Waals surface area contributed by atoms with Gasteiger partial charge in [-0.15, -0.1) is 0 Å². The highest BCUT2D eigenvalue weighted by molar-refractivity contribution is 5.18. The van der Waals surface area contributed by atoms with E-state index in [9.17, 15) is 0 Å². The monoisotopic (exact) mass is 277 g/mol. The molecule has 0 aromatic heterocycles. The molecule has 1 unspecified atom stereocenters. The Bertz CT molecular complexity index is 323. The molecule has 1 atom stereocenters. The van der Waals surface area contributed by atoms with E-state index in [0.29, 0.717) is 12.0 Å². The molecule has 0 amide bonds. The van der Waals surface area contributed by atoms with Gasteiger partial charge in [-0.25, -0.2) is 0 Å². The number of unbranched alkanes of at least 4 members (excludes halogenated alkanes) is 1. The molecule has 0 bridgehead atoms. The van der Waals surface area contributed by atoms with Crippen molar-refractivity contribution in [2.24, 2.45) is 5.92 Å². The molecule has 0 aliphatic heterocycles. The Balaban J connectivity index is 2.27. The molecule has 0 aliphatic carbocycles. The molecule has 1 N–H and O–H groups in total. The molecule has 0 aliphatic rings. The van der Waals surface area contributed by atoms with E-state index < -0.39 is 0 Å². The highest BCUT2D eigenvalue weighted by Gasteiger charge is 2.09. The molecule has 2 nitrogen and oxygen atoms in total. The third kappa shape index (κ3) is 7.66. The Hall–Kier alpha value is -0.860. The fraction of sp³-hybridized carbons (Fsp3) is 0.667. The molecule has 20 heavy (non-hydrogen) atoms. The van der Waals surface area contributed by atoms with E-state index in [4.69, 9.17) is 4.74 Å². The zero-order valence-electron chi connectivity index (χ0n) is 13.4. The van der Waals surface area contributed by atoms with E-state index in [-0.39, 0.29) is 0 Å². The molecule has 0 spiro atoms. The lowest BCUT2D eigenvalue weighted by Crippen LogP contribution is -2.23. The second kappa shape index (κ2) is 10.9. The van der Waals surface area contributed by atoms with E-state index >= 15 is 0 Å². The van der Waals surface area contributed by atoms with Crippen LogP contribution in [0, 0.1) is 5.92 Å². The molecule has 1 aromatic rings. The van der Waals surface area contributed by atoms with Gasteiger partial charge in [-0.3, -0.25) is 0 Å². The van der Waals surface area contributed by atoms with E-state index in [1.807, 2.05) is 0 Å². The molecule has 114 valence electrons. The van der Waals surface area contributed by atoms with Gasteiger partial charge in [0.25, 0.3) is 0 Å². The molecular formula is C18H31NO. The molecule has 0 radical (unpaired) electrons. The fourth-order valence-electron chi connectivity index (χ4n) is 2.25. The standard InChI is InChI=1S/C18H31NO/c1-4-5-12-18(17-10-7-6-8-11-17)19-13-9-14-20-15-16(2)3/h6-8,10-11,16,18-19H,4-5,9,12-15H2,1-3H3. The maximum atomic E-state index is 5.62. The smallest absolute Gasteiger partial charge is 0.0489 e. The summed E-state index contributed by atoms with van der Waals surface area (Å²) in [6, 6.07) is 11.3. The van der Waals surface area contributed by atoms with Crippen LogP contribution in [0.25, 0.3) is 0 Å². The van der Waals surface area contributed by atoms with Crippen LogP contribution in [0.5, 0.6) is 0 Å². The van der Waals surface area contributed by atoms with Crippen molar-refractivity contribution < 1.29 is 4.74 Å². The summed E-state index contributed by atoms with van der Waals surface area (Å²) in [5.41, 5.74) is 1.41. The highest BCUT2D eigenvalue weighted by Crippen LogP contribution is 2.18. The summed E-state index contributed by atoms with van der Waals surface area (Å²) in [7, 11) is 0. The van der Waals surface area contributed by atoms with Gasteiger partial charge in [-0.2, -0.15) is 0 Å². The maximum Gasteiger partial charge on any atom is 0.0489 e. The Kier molecular flexibility index (Phi) is 9.35. The largest absolute Gasteiger partial charge is 0.381 e. The number of nitrogens with one attached hydrogen (secondary N) is 1. The van der Waals surface area contributed by atoms with Crippen LogP contribution in [0.15, 0.2) is 30.3 Å². The predicted molar refractivity (Wildman–Crippen MR) is 87.0 cm³/mol. The van der Waals surface area contributed by atoms with Crippen LogP contribution in [0.2, 0.25) is 0 Å². The minimum Gasteiger partial charge on any atom is -0.381 e. The zero-order chi connectivity index (χ0) is 14.6. The van der Waals surface area contributed by atoms with Crippen LogP contribution in [0.4, 0.5) is 0 Å². The SMILES string of the molecule is CCCCC(NCCCOCC(C)C)c1ccccc1. The first-order valence-corrected chi connectivity index (χ1v) is 8.10. The topological polar surface area (TPSA) is 21.3 Å². The van der Waals surface area contributed by atoms with Gasteiger partial charge in [-0.05, 0) is 30.9 Å². The van der Waals surface area contributed by atoms with E-state index in [1.54, 1.807) is 0 Å². The van der Waals surface area contributed by atoms with Crippen LogP contribution in [0.1, 0.15) is 58.1 Å². The Morgan fingerprint density at radius 2 is 1.85 bits per heavy atom. The summed E-state index contributed by atoms with van der Waals surface area (Å²) in [5, 5.41) is 3.68. The van der Waals surface area contributed by atoms with Crippen LogP contribution < -0.4 is 5.32 Å². The number of hydrogen-bond donors (Lipinski definition) is 1. The number of rotatable bonds is 11. The minimum absolute atomic E-state index is 0.487. The first kappa shape index (κ1) is 17.2. The summed E-state index contributed by atoms with van der Waals surface area (Å²) in [6.07, 6.45) is 4.83. The van der Waals surface area contributed by atoms with Crippen molar-refractivity contribution in [3.05, 3.63) is 35.9 Å². The average molecular weight is 277 g/mol. The van der Waals surface area contributed by atoms with E-state index in [1.165, 1.54) is 24.8 Å². The van der Waals surface area contributed by atoms with Crippen molar-refractivity contribution in [2.75, 3.05) is 19.8 Å². The molecule has 2 heteroatoms. The van der Waals surface area contributed by atoms with Crippen LogP contribution in [-0.4, -0.2) is 19.8 Å². The fourth-order valence-corrected chi connectivity index (χ4v) is 2.25. The van der Waals surface area contributed by atoms with Gasteiger partial charge >= 0.3 is 0 Å². The number of benzene rings is 1. The Labute approximate surface area is 124 Å². The van der Waals surface area contributed by atoms with Crippen molar-refractivity contribution in [3.8, 4) is 0 Å². The molecular weight excluding hydrogens is 246 g/mol. The van der Waals surface area contributed by atoms with E-state index in [2.05, 4.69) is 56.4 Å². The molecule has 0 heterocycles. The minimum atomic E-state index is 0.487. The lowest BCUT2D eigenvalue weighted by Gasteiger charge is -2.19. The van der Waals surface area contributed by atoms with Crippen molar-refractivity contribution in [1.82, 2.24) is 5.32 Å². The molecule has 0 fully saturated rings. The first-order valence-electron chi connectivity index (χ1n) is 8.10. The van der Waals surface area contributed by atoms with Crippen molar-refractivity contribution >= 4 is 0 Å². The molecule has 1 aromatic carbocycles. The van der Waals surface area contributed by atoms with Gasteiger partial charge < -0.3 is 10.1 Å². The first-order chi connectivity index (χ1) is 9.74. The Morgan fingerprint density at radius 3 is 2.50 bits per heavy atom. The maximum absolute atomic E-state index is 5.62. The third-order valence-corrected chi connectivity index (χ3v) is 3.36. The van der Waals surface area contributed by atoms with Crippen molar-refractivity contribution in [3.63, 3.8) is 0 Å². The lowest BCUT2D eigenvalue weighted by atomic mass is 10.0. The highest BCUT2D eigenvalue weighted by atomic mass is 16.5. The predicted octanol–water partition coefficient (Wildman–Crippen LogP) is 4.57. The van der Waals surface area contributed by atoms with Gasteiger partial charge in [0, 0.05) is 19.3 Å². The van der Waals surface area contributed by atoms with Crippen LogP contribution >= 0.6 is 0 Å². The number of ether oxygens (including phenoxy) is 1.